The lowest BCUT2D eigenvalue weighted by Gasteiger charge is -2.37. The van der Waals surface area contributed by atoms with Crippen molar-refractivity contribution in [1.29, 1.82) is 0 Å². The zero-order chi connectivity index (χ0) is 18.7. The van der Waals surface area contributed by atoms with Gasteiger partial charge in [-0.1, -0.05) is 31.5 Å². The number of esters is 1. The van der Waals surface area contributed by atoms with E-state index in [-0.39, 0.29) is 17.5 Å². The van der Waals surface area contributed by atoms with Crippen LogP contribution in [0.4, 0.5) is 5.69 Å². The molecule has 4 nitrogen and oxygen atoms in total. The summed E-state index contributed by atoms with van der Waals surface area (Å²) >= 11 is 0. The highest BCUT2D eigenvalue weighted by atomic mass is 16.6. The molecule has 1 unspecified atom stereocenters. The van der Waals surface area contributed by atoms with Gasteiger partial charge in [-0.2, -0.15) is 0 Å². The van der Waals surface area contributed by atoms with Crippen molar-refractivity contribution in [2.75, 3.05) is 37.6 Å². The molecular formula is C22H34N2O2. The molecule has 0 aliphatic carbocycles. The van der Waals surface area contributed by atoms with E-state index in [1.165, 1.54) is 16.8 Å². The molecule has 2 aliphatic rings. The van der Waals surface area contributed by atoms with Gasteiger partial charge in [0.2, 0.25) is 0 Å². The Kier molecular flexibility index (Phi) is 5.91. The van der Waals surface area contributed by atoms with Crippen LogP contribution in [0.3, 0.4) is 0 Å². The summed E-state index contributed by atoms with van der Waals surface area (Å²) in [5, 5.41) is 0. The fraction of sp³-hybridized carbons (Fsp3) is 0.682. The number of piperazine rings is 1. The minimum absolute atomic E-state index is 0.0344. The summed E-state index contributed by atoms with van der Waals surface area (Å²) in [5.41, 5.74) is 3.85. The smallest absolute Gasteiger partial charge is 0.312 e. The van der Waals surface area contributed by atoms with Gasteiger partial charge < -0.3 is 9.64 Å². The summed E-state index contributed by atoms with van der Waals surface area (Å²) in [6.45, 7) is 13.9. The SMILES string of the molecule is CCC1(CC)CC(CCN2CCN(c3ccc(C)cc3C)CC2)OC1=O. The molecule has 144 valence electrons. The predicted octanol–water partition coefficient (Wildman–Crippen LogP) is 3.94. The van der Waals surface area contributed by atoms with Gasteiger partial charge >= 0.3 is 5.97 Å². The molecule has 0 saturated carbocycles. The van der Waals surface area contributed by atoms with Gasteiger partial charge in [-0.3, -0.25) is 9.69 Å². The molecule has 2 aliphatic heterocycles. The van der Waals surface area contributed by atoms with E-state index in [0.717, 1.165) is 58.4 Å². The van der Waals surface area contributed by atoms with E-state index in [9.17, 15) is 4.79 Å². The molecule has 0 N–H and O–H groups in total. The number of anilines is 1. The maximum Gasteiger partial charge on any atom is 0.312 e. The van der Waals surface area contributed by atoms with Crippen LogP contribution >= 0.6 is 0 Å². The molecule has 1 atom stereocenters. The Balaban J connectivity index is 1.47. The first kappa shape index (κ1) is 19.2. The zero-order valence-corrected chi connectivity index (χ0v) is 16.9. The van der Waals surface area contributed by atoms with Crippen LogP contribution in [0, 0.1) is 19.3 Å². The highest BCUT2D eigenvalue weighted by Crippen LogP contribution is 2.41. The second-order valence-electron chi connectivity index (χ2n) is 8.13. The van der Waals surface area contributed by atoms with Crippen molar-refractivity contribution >= 4 is 11.7 Å². The van der Waals surface area contributed by atoms with E-state index in [4.69, 9.17) is 4.74 Å². The maximum atomic E-state index is 12.2. The molecule has 2 heterocycles. The summed E-state index contributed by atoms with van der Waals surface area (Å²) in [7, 11) is 0. The Morgan fingerprint density at radius 1 is 1.12 bits per heavy atom. The van der Waals surface area contributed by atoms with E-state index in [1.807, 2.05) is 0 Å². The van der Waals surface area contributed by atoms with Crippen LogP contribution in [0.1, 0.15) is 50.7 Å². The number of aryl methyl sites for hydroxylation is 2. The first-order valence-corrected chi connectivity index (χ1v) is 10.2. The Bertz CT molecular complexity index is 631. The number of benzene rings is 1. The predicted molar refractivity (Wildman–Crippen MR) is 107 cm³/mol. The van der Waals surface area contributed by atoms with Gasteiger partial charge in [0.05, 0.1) is 5.41 Å². The number of rotatable bonds is 6. The third kappa shape index (κ3) is 3.90. The van der Waals surface area contributed by atoms with Crippen molar-refractivity contribution in [1.82, 2.24) is 4.90 Å². The summed E-state index contributed by atoms with van der Waals surface area (Å²) in [5.74, 6) is 0.0344. The lowest BCUT2D eigenvalue weighted by atomic mass is 9.79. The number of cyclic esters (lactones) is 1. The number of hydrogen-bond donors (Lipinski definition) is 0. The van der Waals surface area contributed by atoms with Crippen molar-refractivity contribution in [3.8, 4) is 0 Å². The van der Waals surface area contributed by atoms with Crippen LogP contribution in [0.25, 0.3) is 0 Å². The number of ether oxygens (including phenoxy) is 1. The van der Waals surface area contributed by atoms with Crippen molar-refractivity contribution in [2.45, 2.75) is 59.5 Å². The number of nitrogens with zero attached hydrogens (tertiary/aromatic N) is 2. The fourth-order valence-corrected chi connectivity index (χ4v) is 4.52. The number of carbonyl (C=O) groups is 1. The molecule has 4 heteroatoms. The monoisotopic (exact) mass is 358 g/mol. The van der Waals surface area contributed by atoms with Gasteiger partial charge in [0.15, 0.2) is 0 Å². The van der Waals surface area contributed by atoms with Gasteiger partial charge in [0.1, 0.15) is 6.10 Å². The maximum absolute atomic E-state index is 12.2. The van der Waals surface area contributed by atoms with Crippen LogP contribution < -0.4 is 4.90 Å². The normalized spacial score (nSPS) is 23.3. The van der Waals surface area contributed by atoms with Crippen LogP contribution in [-0.2, 0) is 9.53 Å². The Labute approximate surface area is 158 Å². The van der Waals surface area contributed by atoms with Crippen molar-refractivity contribution in [3.63, 3.8) is 0 Å². The number of carbonyl (C=O) groups excluding carboxylic acids is 1. The van der Waals surface area contributed by atoms with Crippen molar-refractivity contribution in [2.24, 2.45) is 5.41 Å². The molecule has 1 aromatic carbocycles. The first-order chi connectivity index (χ1) is 12.5. The molecule has 26 heavy (non-hydrogen) atoms. The van der Waals surface area contributed by atoms with Gasteiger partial charge in [0, 0.05) is 44.8 Å². The Hall–Kier alpha value is -1.55. The standard InChI is InChI=1S/C22H34N2O2/c1-5-22(6-2)16-19(26-21(22)25)9-10-23-11-13-24(14-12-23)20-8-7-17(3)15-18(20)4/h7-8,15,19H,5-6,9-14,16H2,1-4H3. The molecule has 2 fully saturated rings. The lowest BCUT2D eigenvalue weighted by Crippen LogP contribution is -2.47. The minimum atomic E-state index is -0.216. The summed E-state index contributed by atoms with van der Waals surface area (Å²) in [6.07, 6.45) is 3.78. The van der Waals surface area contributed by atoms with Gasteiger partial charge in [-0.05, 0) is 44.7 Å². The highest BCUT2D eigenvalue weighted by Gasteiger charge is 2.46. The average Bonchev–Trinajstić information content (AvgIpc) is 2.97. The molecule has 0 bridgehead atoms. The minimum Gasteiger partial charge on any atom is -0.462 e. The van der Waals surface area contributed by atoms with E-state index < -0.39 is 0 Å². The molecule has 0 amide bonds. The molecular weight excluding hydrogens is 324 g/mol. The average molecular weight is 359 g/mol. The van der Waals surface area contributed by atoms with Crippen LogP contribution in [0.5, 0.6) is 0 Å². The second kappa shape index (κ2) is 7.99. The molecule has 2 saturated heterocycles. The van der Waals surface area contributed by atoms with E-state index in [0.29, 0.717) is 0 Å². The fourth-order valence-electron chi connectivity index (χ4n) is 4.52. The molecule has 3 rings (SSSR count). The number of hydrogen-bond acceptors (Lipinski definition) is 4. The molecule has 0 spiro atoms. The topological polar surface area (TPSA) is 32.8 Å². The molecule has 0 radical (unpaired) electrons. The third-order valence-electron chi connectivity index (χ3n) is 6.51. The molecule has 0 aromatic heterocycles. The second-order valence-corrected chi connectivity index (χ2v) is 8.13. The summed E-state index contributed by atoms with van der Waals surface area (Å²) < 4.78 is 5.69. The van der Waals surface area contributed by atoms with Crippen molar-refractivity contribution < 1.29 is 9.53 Å². The first-order valence-electron chi connectivity index (χ1n) is 10.2. The van der Waals surface area contributed by atoms with E-state index in [1.54, 1.807) is 0 Å². The molecule has 1 aromatic rings. The quantitative estimate of drug-likeness (QED) is 0.721. The van der Waals surface area contributed by atoms with E-state index in [2.05, 4.69) is 55.7 Å². The van der Waals surface area contributed by atoms with Gasteiger partial charge in [-0.25, -0.2) is 0 Å². The van der Waals surface area contributed by atoms with E-state index >= 15 is 0 Å². The largest absolute Gasteiger partial charge is 0.462 e. The van der Waals surface area contributed by atoms with Crippen molar-refractivity contribution in [3.05, 3.63) is 29.3 Å². The lowest BCUT2D eigenvalue weighted by molar-refractivity contribution is -0.149. The third-order valence-corrected chi connectivity index (χ3v) is 6.51. The van der Waals surface area contributed by atoms with Gasteiger partial charge in [-0.15, -0.1) is 0 Å². The Morgan fingerprint density at radius 3 is 2.38 bits per heavy atom. The summed E-state index contributed by atoms with van der Waals surface area (Å²) in [4.78, 5) is 17.3. The highest BCUT2D eigenvalue weighted by molar-refractivity contribution is 5.78. The van der Waals surface area contributed by atoms with Crippen LogP contribution in [-0.4, -0.2) is 49.7 Å². The van der Waals surface area contributed by atoms with Crippen LogP contribution in [0.2, 0.25) is 0 Å². The van der Waals surface area contributed by atoms with Crippen LogP contribution in [0.15, 0.2) is 18.2 Å². The van der Waals surface area contributed by atoms with Gasteiger partial charge in [0.25, 0.3) is 0 Å². The Morgan fingerprint density at radius 2 is 1.81 bits per heavy atom. The summed E-state index contributed by atoms with van der Waals surface area (Å²) in [6, 6.07) is 6.73. The zero-order valence-electron chi connectivity index (χ0n) is 16.9.